The summed E-state index contributed by atoms with van der Waals surface area (Å²) in [6.45, 7) is 0.472. The van der Waals surface area contributed by atoms with Crippen molar-refractivity contribution in [2.45, 2.75) is 6.54 Å². The highest BCUT2D eigenvalue weighted by Crippen LogP contribution is 2.31. The van der Waals surface area contributed by atoms with E-state index in [2.05, 4.69) is 5.32 Å². The third-order valence-corrected chi connectivity index (χ3v) is 4.44. The minimum absolute atomic E-state index is 0.0203. The van der Waals surface area contributed by atoms with E-state index < -0.39 is 16.1 Å². The van der Waals surface area contributed by atoms with Crippen LogP contribution in [0.2, 0.25) is 0 Å². The Hall–Kier alpha value is -3.89. The second-order valence-electron chi connectivity index (χ2n) is 6.95. The van der Waals surface area contributed by atoms with Gasteiger partial charge in [0.25, 0.3) is 10.1 Å². The van der Waals surface area contributed by atoms with Gasteiger partial charge in [-0.05, 0) is 59.2 Å². The molecule has 0 fully saturated rings. The van der Waals surface area contributed by atoms with Gasteiger partial charge in [0, 0.05) is 17.8 Å². The van der Waals surface area contributed by atoms with Crippen molar-refractivity contribution in [2.75, 3.05) is 18.7 Å². The van der Waals surface area contributed by atoms with E-state index in [9.17, 15) is 18.3 Å². The highest BCUT2D eigenvalue weighted by atomic mass is 32.2. The van der Waals surface area contributed by atoms with E-state index in [1.165, 1.54) is 0 Å². The van der Waals surface area contributed by atoms with Gasteiger partial charge in [0.1, 0.15) is 11.6 Å². The number of benzene rings is 3. The zero-order valence-corrected chi connectivity index (χ0v) is 18.9. The van der Waals surface area contributed by atoms with Gasteiger partial charge in [0.2, 0.25) is 0 Å². The lowest BCUT2D eigenvalue weighted by atomic mass is 9.95. The molecule has 6 N–H and O–H groups in total. The van der Waals surface area contributed by atoms with Crippen LogP contribution in [0.3, 0.4) is 0 Å². The van der Waals surface area contributed by atoms with Crippen LogP contribution in [0.25, 0.3) is 11.1 Å². The van der Waals surface area contributed by atoms with Crippen molar-refractivity contribution in [1.29, 1.82) is 5.41 Å². The molecule has 0 spiro atoms. The Bertz CT molecular complexity index is 1230. The molecule has 3 rings (SSSR count). The SMILES string of the molecule is COc1ccc(-c2ccccc2C(=O)O)c(CNc2ccc(C(=N)N)cc2)c1.CS(=O)(=O)O. The number of methoxy groups -OCH3 is 1. The summed E-state index contributed by atoms with van der Waals surface area (Å²) in [5, 5.41) is 20.3. The predicted molar refractivity (Wildman–Crippen MR) is 128 cm³/mol. The number of carbonyl (C=O) groups is 1. The third kappa shape index (κ3) is 7.95. The molecule has 33 heavy (non-hydrogen) atoms. The lowest BCUT2D eigenvalue weighted by Crippen LogP contribution is -2.10. The first-order chi connectivity index (χ1) is 15.5. The van der Waals surface area contributed by atoms with E-state index in [-0.39, 0.29) is 11.4 Å². The van der Waals surface area contributed by atoms with E-state index in [0.717, 1.165) is 16.8 Å². The number of nitrogens with one attached hydrogen (secondary N) is 2. The fraction of sp³-hybridized carbons (Fsp3) is 0.130. The summed E-state index contributed by atoms with van der Waals surface area (Å²) >= 11 is 0. The number of anilines is 1. The highest BCUT2D eigenvalue weighted by molar-refractivity contribution is 7.85. The summed E-state index contributed by atoms with van der Waals surface area (Å²) in [5.74, 6) is -0.252. The Balaban J connectivity index is 0.000000696. The monoisotopic (exact) mass is 471 g/mol. The van der Waals surface area contributed by atoms with E-state index in [0.29, 0.717) is 29.7 Å². The lowest BCUT2D eigenvalue weighted by molar-refractivity contribution is 0.0697. The standard InChI is InChI=1S/C22H21N3O3.CH4O3S/c1-28-17-10-11-18(19-4-2-3-5-20(19)22(26)27)15(12-17)13-25-16-8-6-14(7-9-16)21(23)24;1-5(2,3)4/h2-12,25H,13H2,1H3,(H3,23,24)(H,26,27);1H3,(H,2,3,4). The summed E-state index contributed by atoms with van der Waals surface area (Å²) in [5.41, 5.74) is 9.64. The summed E-state index contributed by atoms with van der Waals surface area (Å²) in [6.07, 6.45) is 0.715. The maximum atomic E-state index is 11.6. The molecule has 0 unspecified atom stereocenters. The fourth-order valence-electron chi connectivity index (χ4n) is 2.98. The molecule has 0 aliphatic carbocycles. The molecule has 0 saturated heterocycles. The molecule has 0 bridgehead atoms. The first-order valence-corrected chi connectivity index (χ1v) is 11.4. The molecule has 10 heteroatoms. The van der Waals surface area contributed by atoms with Gasteiger partial charge in [-0.15, -0.1) is 0 Å². The van der Waals surface area contributed by atoms with Crippen molar-refractivity contribution in [3.05, 3.63) is 83.4 Å². The van der Waals surface area contributed by atoms with Crippen molar-refractivity contribution in [3.8, 4) is 16.9 Å². The number of nitrogens with two attached hydrogens (primary N) is 1. The Labute approximate surface area is 192 Å². The van der Waals surface area contributed by atoms with E-state index in [1.807, 2.05) is 36.4 Å². The first kappa shape index (κ1) is 25.4. The van der Waals surface area contributed by atoms with Crippen molar-refractivity contribution < 1.29 is 27.6 Å². The maximum Gasteiger partial charge on any atom is 0.336 e. The van der Waals surface area contributed by atoms with E-state index in [1.54, 1.807) is 37.4 Å². The molecule has 0 aliphatic rings. The number of aromatic carboxylic acids is 1. The molecule has 0 saturated carbocycles. The fourth-order valence-corrected chi connectivity index (χ4v) is 2.98. The zero-order valence-electron chi connectivity index (χ0n) is 18.1. The Kier molecular flexibility index (Phi) is 8.55. The van der Waals surface area contributed by atoms with Crippen molar-refractivity contribution in [3.63, 3.8) is 0 Å². The predicted octanol–water partition coefficient (Wildman–Crippen LogP) is 3.46. The van der Waals surface area contributed by atoms with Crippen LogP contribution in [0.1, 0.15) is 21.5 Å². The molecule has 174 valence electrons. The van der Waals surface area contributed by atoms with Crippen molar-refractivity contribution in [1.82, 2.24) is 0 Å². The topological polar surface area (TPSA) is 163 Å². The Morgan fingerprint density at radius 2 is 1.67 bits per heavy atom. The second-order valence-corrected chi connectivity index (χ2v) is 8.42. The quantitative estimate of drug-likeness (QED) is 0.199. The Morgan fingerprint density at radius 1 is 1.06 bits per heavy atom. The first-order valence-electron chi connectivity index (χ1n) is 9.60. The highest BCUT2D eigenvalue weighted by Gasteiger charge is 2.14. The van der Waals surface area contributed by atoms with E-state index >= 15 is 0 Å². The van der Waals surface area contributed by atoms with Crippen molar-refractivity contribution in [2.24, 2.45) is 5.73 Å². The Morgan fingerprint density at radius 3 is 2.21 bits per heavy atom. The number of carboxylic acid groups (broad SMARTS) is 1. The van der Waals surface area contributed by atoms with Gasteiger partial charge in [-0.3, -0.25) is 9.96 Å². The number of amidine groups is 1. The molecular weight excluding hydrogens is 446 g/mol. The summed E-state index contributed by atoms with van der Waals surface area (Å²) in [6, 6.07) is 19.8. The van der Waals surface area contributed by atoms with Gasteiger partial charge in [-0.2, -0.15) is 8.42 Å². The van der Waals surface area contributed by atoms with Crippen LogP contribution in [-0.4, -0.2) is 43.2 Å². The van der Waals surface area contributed by atoms with Crippen LogP contribution in [0.4, 0.5) is 5.69 Å². The minimum Gasteiger partial charge on any atom is -0.497 e. The molecule has 0 aromatic heterocycles. The number of rotatable bonds is 7. The average Bonchev–Trinajstić information content (AvgIpc) is 2.76. The van der Waals surface area contributed by atoms with Crippen LogP contribution in [-0.2, 0) is 16.7 Å². The number of carboxylic acids is 1. The van der Waals surface area contributed by atoms with Crippen molar-refractivity contribution >= 4 is 27.6 Å². The smallest absolute Gasteiger partial charge is 0.336 e. The van der Waals surface area contributed by atoms with Gasteiger partial charge >= 0.3 is 5.97 Å². The molecule has 0 aliphatic heterocycles. The molecule has 0 radical (unpaired) electrons. The van der Waals surface area contributed by atoms with Crippen LogP contribution in [0.15, 0.2) is 66.7 Å². The molecule has 3 aromatic rings. The van der Waals surface area contributed by atoms with Gasteiger partial charge in [0.15, 0.2) is 0 Å². The minimum atomic E-state index is -3.67. The molecule has 9 nitrogen and oxygen atoms in total. The molecule has 0 amide bonds. The average molecular weight is 472 g/mol. The van der Waals surface area contributed by atoms with Gasteiger partial charge in [-0.25, -0.2) is 4.79 Å². The normalized spacial score (nSPS) is 10.5. The van der Waals surface area contributed by atoms with Gasteiger partial charge in [0.05, 0.1) is 18.9 Å². The zero-order chi connectivity index (χ0) is 24.6. The number of hydrogen-bond acceptors (Lipinski definition) is 6. The molecular formula is C23H25N3O6S. The lowest BCUT2D eigenvalue weighted by Gasteiger charge is -2.15. The summed E-state index contributed by atoms with van der Waals surface area (Å²) in [4.78, 5) is 11.6. The van der Waals surface area contributed by atoms with Crippen LogP contribution >= 0.6 is 0 Å². The molecule has 0 heterocycles. The van der Waals surface area contributed by atoms with E-state index in [4.69, 9.17) is 20.4 Å². The molecule has 3 aromatic carbocycles. The summed E-state index contributed by atoms with van der Waals surface area (Å²) in [7, 11) is -2.07. The largest absolute Gasteiger partial charge is 0.497 e. The van der Waals surface area contributed by atoms with Crippen LogP contribution < -0.4 is 15.8 Å². The van der Waals surface area contributed by atoms with Crippen LogP contribution in [0.5, 0.6) is 5.75 Å². The number of nitrogen functional groups attached to an aromatic ring is 1. The third-order valence-electron chi connectivity index (χ3n) is 4.44. The summed E-state index contributed by atoms with van der Waals surface area (Å²) < 4.78 is 31.2. The second kappa shape index (κ2) is 11.1. The van der Waals surface area contributed by atoms with Gasteiger partial charge < -0.3 is 20.9 Å². The maximum absolute atomic E-state index is 11.6. The number of ether oxygens (including phenoxy) is 1. The van der Waals surface area contributed by atoms with Gasteiger partial charge in [-0.1, -0.05) is 24.3 Å². The van der Waals surface area contributed by atoms with Crippen LogP contribution in [0, 0.1) is 5.41 Å². The number of hydrogen-bond donors (Lipinski definition) is 5. The molecule has 0 atom stereocenters.